The van der Waals surface area contributed by atoms with E-state index in [-0.39, 0.29) is 18.5 Å². The first-order valence-electron chi connectivity index (χ1n) is 5.40. The van der Waals surface area contributed by atoms with E-state index in [9.17, 15) is 4.39 Å². The second-order valence-corrected chi connectivity index (χ2v) is 4.11. The van der Waals surface area contributed by atoms with Crippen LogP contribution < -0.4 is 5.32 Å². The minimum atomic E-state index is -0.141. The van der Waals surface area contributed by atoms with E-state index in [2.05, 4.69) is 5.32 Å². The lowest BCUT2D eigenvalue weighted by Gasteiger charge is -2.29. The fourth-order valence-electron chi connectivity index (χ4n) is 2.09. The van der Waals surface area contributed by atoms with Gasteiger partial charge in [0.15, 0.2) is 0 Å². The predicted molar refractivity (Wildman–Crippen MR) is 57.0 cm³/mol. The molecule has 0 bridgehead atoms. The molecule has 1 aromatic carbocycles. The summed E-state index contributed by atoms with van der Waals surface area (Å²) in [6.07, 6.45) is 1.86. The molecular weight excluding hydrogens is 193 g/mol. The van der Waals surface area contributed by atoms with Crippen LogP contribution in [0.2, 0.25) is 0 Å². The number of rotatable bonds is 2. The van der Waals surface area contributed by atoms with Crippen molar-refractivity contribution < 1.29 is 9.50 Å². The highest BCUT2D eigenvalue weighted by molar-refractivity contribution is 5.21. The van der Waals surface area contributed by atoms with Crippen LogP contribution in [-0.4, -0.2) is 18.3 Å². The highest BCUT2D eigenvalue weighted by atomic mass is 19.1. The third-order valence-electron chi connectivity index (χ3n) is 3.06. The average Bonchev–Trinajstić information content (AvgIpc) is 2.30. The van der Waals surface area contributed by atoms with Crippen LogP contribution in [-0.2, 0) is 0 Å². The highest BCUT2D eigenvalue weighted by Gasteiger charge is 2.22. The molecular formula is C12H16FNO. The monoisotopic (exact) mass is 209 g/mol. The van der Waals surface area contributed by atoms with Crippen molar-refractivity contribution in [2.45, 2.75) is 18.9 Å². The van der Waals surface area contributed by atoms with Crippen molar-refractivity contribution in [3.05, 3.63) is 35.6 Å². The molecule has 2 unspecified atom stereocenters. The standard InChI is InChI=1S/C12H16FNO/c13-11-4-2-1-3-10(11)12-6-5-9(8-15)7-14-12/h1-4,9,12,14-15H,5-8H2. The van der Waals surface area contributed by atoms with Crippen LogP contribution in [0.4, 0.5) is 4.39 Å². The Bertz CT molecular complexity index is 321. The summed E-state index contributed by atoms with van der Waals surface area (Å²) in [6.45, 7) is 0.993. The van der Waals surface area contributed by atoms with E-state index < -0.39 is 0 Å². The number of halogens is 1. The van der Waals surface area contributed by atoms with Crippen molar-refractivity contribution in [2.75, 3.05) is 13.2 Å². The van der Waals surface area contributed by atoms with Gasteiger partial charge in [0, 0.05) is 24.8 Å². The molecule has 1 heterocycles. The molecule has 1 aliphatic rings. The van der Waals surface area contributed by atoms with Crippen LogP contribution in [0.15, 0.2) is 24.3 Å². The summed E-state index contributed by atoms with van der Waals surface area (Å²) in [5.74, 6) is 0.186. The van der Waals surface area contributed by atoms with Crippen LogP contribution in [0.3, 0.4) is 0 Å². The zero-order valence-electron chi connectivity index (χ0n) is 8.62. The first-order valence-corrected chi connectivity index (χ1v) is 5.40. The lowest BCUT2D eigenvalue weighted by molar-refractivity contribution is 0.183. The lowest BCUT2D eigenvalue weighted by Crippen LogP contribution is -2.35. The number of nitrogens with one attached hydrogen (secondary N) is 1. The Labute approximate surface area is 89.1 Å². The normalized spacial score (nSPS) is 26.5. The molecule has 1 fully saturated rings. The molecule has 0 spiro atoms. The Morgan fingerprint density at radius 2 is 2.13 bits per heavy atom. The first kappa shape index (κ1) is 10.6. The van der Waals surface area contributed by atoms with E-state index in [1.54, 1.807) is 6.07 Å². The van der Waals surface area contributed by atoms with E-state index in [4.69, 9.17) is 5.11 Å². The van der Waals surface area contributed by atoms with Gasteiger partial charge in [-0.3, -0.25) is 0 Å². The van der Waals surface area contributed by atoms with Gasteiger partial charge in [0.05, 0.1) is 0 Å². The van der Waals surface area contributed by atoms with Gasteiger partial charge in [0.2, 0.25) is 0 Å². The Kier molecular flexibility index (Phi) is 3.34. The molecule has 0 saturated carbocycles. The molecule has 2 rings (SSSR count). The van der Waals surface area contributed by atoms with Gasteiger partial charge in [-0.15, -0.1) is 0 Å². The molecule has 0 aliphatic carbocycles. The summed E-state index contributed by atoms with van der Waals surface area (Å²) >= 11 is 0. The smallest absolute Gasteiger partial charge is 0.127 e. The van der Waals surface area contributed by atoms with Gasteiger partial charge in [-0.25, -0.2) is 4.39 Å². The summed E-state index contributed by atoms with van der Waals surface area (Å²) in [5.41, 5.74) is 0.744. The second-order valence-electron chi connectivity index (χ2n) is 4.11. The van der Waals surface area contributed by atoms with Crippen LogP contribution in [0.1, 0.15) is 24.4 Å². The Morgan fingerprint density at radius 3 is 2.73 bits per heavy atom. The van der Waals surface area contributed by atoms with E-state index in [1.807, 2.05) is 12.1 Å². The summed E-state index contributed by atoms with van der Waals surface area (Å²) in [6, 6.07) is 6.99. The van der Waals surface area contributed by atoms with Crippen LogP contribution >= 0.6 is 0 Å². The summed E-state index contributed by atoms with van der Waals surface area (Å²) in [5, 5.41) is 12.3. The third-order valence-corrected chi connectivity index (χ3v) is 3.06. The topological polar surface area (TPSA) is 32.3 Å². The SMILES string of the molecule is OCC1CCC(c2ccccc2F)NC1. The fourth-order valence-corrected chi connectivity index (χ4v) is 2.09. The minimum absolute atomic E-state index is 0.106. The molecule has 3 heteroatoms. The number of hydrogen-bond acceptors (Lipinski definition) is 2. The van der Waals surface area contributed by atoms with Gasteiger partial charge in [-0.1, -0.05) is 18.2 Å². The quantitative estimate of drug-likeness (QED) is 0.779. The average molecular weight is 209 g/mol. The second kappa shape index (κ2) is 4.73. The number of aliphatic hydroxyl groups excluding tert-OH is 1. The van der Waals surface area contributed by atoms with Crippen molar-refractivity contribution in [3.63, 3.8) is 0 Å². The number of aliphatic hydroxyl groups is 1. The van der Waals surface area contributed by atoms with Crippen molar-refractivity contribution in [2.24, 2.45) is 5.92 Å². The zero-order chi connectivity index (χ0) is 10.7. The van der Waals surface area contributed by atoms with Crippen LogP contribution in [0.25, 0.3) is 0 Å². The van der Waals surface area contributed by atoms with Crippen LogP contribution in [0.5, 0.6) is 0 Å². The van der Waals surface area contributed by atoms with E-state index >= 15 is 0 Å². The molecule has 82 valence electrons. The number of piperidine rings is 1. The summed E-state index contributed by atoms with van der Waals surface area (Å²) in [7, 11) is 0. The van der Waals surface area contributed by atoms with Crippen molar-refractivity contribution in [1.29, 1.82) is 0 Å². The molecule has 1 aliphatic heterocycles. The summed E-state index contributed by atoms with van der Waals surface area (Å²) in [4.78, 5) is 0. The van der Waals surface area contributed by atoms with Crippen molar-refractivity contribution in [3.8, 4) is 0 Å². The maximum atomic E-state index is 13.5. The number of benzene rings is 1. The zero-order valence-corrected chi connectivity index (χ0v) is 8.62. The van der Waals surface area contributed by atoms with Gasteiger partial charge in [-0.2, -0.15) is 0 Å². The van der Waals surface area contributed by atoms with Gasteiger partial charge in [-0.05, 0) is 24.8 Å². The fraction of sp³-hybridized carbons (Fsp3) is 0.500. The van der Waals surface area contributed by atoms with Crippen molar-refractivity contribution in [1.82, 2.24) is 5.32 Å². The molecule has 0 radical (unpaired) electrons. The maximum absolute atomic E-state index is 13.5. The maximum Gasteiger partial charge on any atom is 0.127 e. The minimum Gasteiger partial charge on any atom is -0.396 e. The van der Waals surface area contributed by atoms with E-state index in [1.165, 1.54) is 6.07 Å². The molecule has 0 aromatic heterocycles. The van der Waals surface area contributed by atoms with E-state index in [0.29, 0.717) is 5.92 Å². The molecule has 0 amide bonds. The molecule has 2 N–H and O–H groups in total. The Morgan fingerprint density at radius 1 is 1.33 bits per heavy atom. The molecule has 15 heavy (non-hydrogen) atoms. The predicted octanol–water partition coefficient (Wildman–Crippen LogP) is 1.86. The van der Waals surface area contributed by atoms with Gasteiger partial charge < -0.3 is 10.4 Å². The van der Waals surface area contributed by atoms with Gasteiger partial charge in [0.1, 0.15) is 5.82 Å². The van der Waals surface area contributed by atoms with Crippen molar-refractivity contribution >= 4 is 0 Å². The highest BCUT2D eigenvalue weighted by Crippen LogP contribution is 2.26. The summed E-state index contributed by atoms with van der Waals surface area (Å²) < 4.78 is 13.5. The molecule has 1 aromatic rings. The molecule has 2 atom stereocenters. The number of hydrogen-bond donors (Lipinski definition) is 2. The molecule has 1 saturated heterocycles. The molecule has 2 nitrogen and oxygen atoms in total. The largest absolute Gasteiger partial charge is 0.396 e. The Balaban J connectivity index is 2.04. The first-order chi connectivity index (χ1) is 7.31. The van der Waals surface area contributed by atoms with Gasteiger partial charge >= 0.3 is 0 Å². The van der Waals surface area contributed by atoms with Gasteiger partial charge in [0.25, 0.3) is 0 Å². The van der Waals surface area contributed by atoms with E-state index in [0.717, 1.165) is 24.9 Å². The Hall–Kier alpha value is -0.930. The third kappa shape index (κ3) is 2.36. The van der Waals surface area contributed by atoms with Crippen LogP contribution in [0, 0.1) is 11.7 Å². The lowest BCUT2D eigenvalue weighted by atomic mass is 9.91.